The van der Waals surface area contributed by atoms with Gasteiger partial charge in [-0.2, -0.15) is 13.2 Å². The molecule has 0 aliphatic carbocycles. The van der Waals surface area contributed by atoms with E-state index in [0.29, 0.717) is 5.56 Å². The predicted octanol–water partition coefficient (Wildman–Crippen LogP) is 1.93. The number of terminal acetylenes is 1. The zero-order chi connectivity index (χ0) is 12.9. The quantitative estimate of drug-likeness (QED) is 0.792. The molecule has 1 aromatic rings. The fraction of sp³-hybridized carbons (Fsp3) is 0.333. The van der Waals surface area contributed by atoms with Crippen molar-refractivity contribution in [2.45, 2.75) is 12.2 Å². The lowest BCUT2D eigenvalue weighted by Crippen LogP contribution is -2.28. The van der Waals surface area contributed by atoms with Crippen molar-refractivity contribution in [2.75, 3.05) is 13.1 Å². The minimum Gasteiger partial charge on any atom is -0.329 e. The lowest BCUT2D eigenvalue weighted by atomic mass is 10.0. The summed E-state index contributed by atoms with van der Waals surface area (Å²) in [5.74, 6) is 2.36. The van der Waals surface area contributed by atoms with E-state index in [1.165, 1.54) is 6.07 Å². The van der Waals surface area contributed by atoms with Gasteiger partial charge in [-0.3, -0.25) is 5.32 Å². The molecule has 0 spiro atoms. The smallest absolute Gasteiger partial charge is 0.329 e. The van der Waals surface area contributed by atoms with Gasteiger partial charge in [-0.25, -0.2) is 0 Å². The monoisotopic (exact) mass is 242 g/mol. The van der Waals surface area contributed by atoms with Crippen LogP contribution in [0.1, 0.15) is 17.2 Å². The minimum absolute atomic E-state index is 0.184. The molecule has 0 bridgehead atoms. The van der Waals surface area contributed by atoms with E-state index in [1.807, 2.05) is 0 Å². The fourth-order valence-corrected chi connectivity index (χ4v) is 1.45. The van der Waals surface area contributed by atoms with Crippen molar-refractivity contribution in [1.29, 1.82) is 0 Å². The first-order valence-electron chi connectivity index (χ1n) is 5.03. The Bertz CT molecular complexity index is 407. The largest absolute Gasteiger partial charge is 0.416 e. The summed E-state index contributed by atoms with van der Waals surface area (Å²) in [6.07, 6.45) is 0.729. The van der Waals surface area contributed by atoms with Gasteiger partial charge in [0.25, 0.3) is 0 Å². The number of nitrogens with two attached hydrogens (primary N) is 1. The highest BCUT2D eigenvalue weighted by molar-refractivity contribution is 5.28. The molecule has 0 heterocycles. The highest BCUT2D eigenvalue weighted by Crippen LogP contribution is 2.30. The van der Waals surface area contributed by atoms with Crippen LogP contribution < -0.4 is 11.1 Å². The first-order valence-corrected chi connectivity index (χ1v) is 5.03. The Morgan fingerprint density at radius 3 is 2.65 bits per heavy atom. The molecule has 92 valence electrons. The van der Waals surface area contributed by atoms with Gasteiger partial charge in [0, 0.05) is 12.6 Å². The second kappa shape index (κ2) is 5.71. The molecule has 0 aliphatic rings. The molecule has 1 atom stereocenters. The number of benzene rings is 1. The summed E-state index contributed by atoms with van der Waals surface area (Å²) in [5, 5.41) is 2.89. The standard InChI is InChI=1S/C12H13F3N2/c1-2-6-17-11(8-16)9-4-3-5-10(7-9)12(13,14)15/h1,3-5,7,11,17H,6,8,16H2. The van der Waals surface area contributed by atoms with E-state index >= 15 is 0 Å². The summed E-state index contributed by atoms with van der Waals surface area (Å²) >= 11 is 0. The van der Waals surface area contributed by atoms with Crippen LogP contribution in [0.4, 0.5) is 13.2 Å². The van der Waals surface area contributed by atoms with Gasteiger partial charge in [0.2, 0.25) is 0 Å². The molecule has 0 fully saturated rings. The van der Waals surface area contributed by atoms with E-state index in [4.69, 9.17) is 12.2 Å². The van der Waals surface area contributed by atoms with Crippen molar-refractivity contribution in [1.82, 2.24) is 5.32 Å². The fourth-order valence-electron chi connectivity index (χ4n) is 1.45. The third-order valence-electron chi connectivity index (χ3n) is 2.30. The Hall–Kier alpha value is -1.51. The van der Waals surface area contributed by atoms with Crippen molar-refractivity contribution in [3.05, 3.63) is 35.4 Å². The van der Waals surface area contributed by atoms with Gasteiger partial charge >= 0.3 is 6.18 Å². The summed E-state index contributed by atoms with van der Waals surface area (Å²) in [7, 11) is 0. The van der Waals surface area contributed by atoms with Crippen LogP contribution in [0, 0.1) is 12.3 Å². The number of rotatable bonds is 4. The van der Waals surface area contributed by atoms with E-state index in [1.54, 1.807) is 6.07 Å². The summed E-state index contributed by atoms with van der Waals surface area (Å²) in [6, 6.07) is 4.70. The molecule has 2 nitrogen and oxygen atoms in total. The van der Waals surface area contributed by atoms with Crippen LogP contribution in [0.2, 0.25) is 0 Å². The SMILES string of the molecule is C#CCNC(CN)c1cccc(C(F)(F)F)c1. The highest BCUT2D eigenvalue weighted by atomic mass is 19.4. The van der Waals surface area contributed by atoms with Gasteiger partial charge in [0.15, 0.2) is 0 Å². The molecule has 0 aromatic heterocycles. The molecule has 1 unspecified atom stereocenters. The third kappa shape index (κ3) is 3.77. The van der Waals surface area contributed by atoms with E-state index in [-0.39, 0.29) is 19.1 Å². The molecule has 0 saturated carbocycles. The number of halogens is 3. The summed E-state index contributed by atoms with van der Waals surface area (Å²) in [5.41, 5.74) is 5.29. The predicted molar refractivity (Wildman–Crippen MR) is 60.1 cm³/mol. The number of hydrogen-bond donors (Lipinski definition) is 2. The Labute approximate surface area is 98.0 Å². The van der Waals surface area contributed by atoms with Gasteiger partial charge in [-0.05, 0) is 17.7 Å². The van der Waals surface area contributed by atoms with Gasteiger partial charge in [0.05, 0.1) is 12.1 Å². The van der Waals surface area contributed by atoms with Gasteiger partial charge in [0.1, 0.15) is 0 Å². The number of nitrogens with one attached hydrogen (secondary N) is 1. The minimum atomic E-state index is -4.35. The zero-order valence-corrected chi connectivity index (χ0v) is 9.09. The second-order valence-corrected chi connectivity index (χ2v) is 3.50. The first kappa shape index (κ1) is 13.6. The lowest BCUT2D eigenvalue weighted by Gasteiger charge is -2.17. The van der Waals surface area contributed by atoms with Crippen molar-refractivity contribution in [2.24, 2.45) is 5.73 Å². The van der Waals surface area contributed by atoms with Crippen LogP contribution in [0.5, 0.6) is 0 Å². The van der Waals surface area contributed by atoms with Crippen LogP contribution in [-0.4, -0.2) is 13.1 Å². The molecular weight excluding hydrogens is 229 g/mol. The van der Waals surface area contributed by atoms with E-state index in [9.17, 15) is 13.2 Å². The summed E-state index contributed by atoms with van der Waals surface area (Å²) in [4.78, 5) is 0. The van der Waals surface area contributed by atoms with Crippen LogP contribution >= 0.6 is 0 Å². The molecule has 0 saturated heterocycles. The molecule has 0 radical (unpaired) electrons. The van der Waals surface area contributed by atoms with Crippen molar-refractivity contribution >= 4 is 0 Å². The maximum atomic E-state index is 12.5. The molecule has 1 aromatic carbocycles. The molecule has 1 rings (SSSR count). The van der Waals surface area contributed by atoms with Crippen LogP contribution in [0.15, 0.2) is 24.3 Å². The number of hydrogen-bond acceptors (Lipinski definition) is 2. The zero-order valence-electron chi connectivity index (χ0n) is 9.09. The topological polar surface area (TPSA) is 38.0 Å². The molecule has 3 N–H and O–H groups in total. The van der Waals surface area contributed by atoms with E-state index in [0.717, 1.165) is 12.1 Å². The molecule has 5 heteroatoms. The van der Waals surface area contributed by atoms with Crippen LogP contribution in [-0.2, 0) is 6.18 Å². The van der Waals surface area contributed by atoms with Crippen LogP contribution in [0.25, 0.3) is 0 Å². The Balaban J connectivity index is 2.93. The molecule has 17 heavy (non-hydrogen) atoms. The second-order valence-electron chi connectivity index (χ2n) is 3.50. The third-order valence-corrected chi connectivity index (χ3v) is 2.30. The van der Waals surface area contributed by atoms with Crippen molar-refractivity contribution < 1.29 is 13.2 Å². The lowest BCUT2D eigenvalue weighted by molar-refractivity contribution is -0.137. The molecule has 0 amide bonds. The van der Waals surface area contributed by atoms with Gasteiger partial charge in [-0.15, -0.1) is 6.42 Å². The Kier molecular flexibility index (Phi) is 4.55. The highest BCUT2D eigenvalue weighted by Gasteiger charge is 2.30. The average molecular weight is 242 g/mol. The Morgan fingerprint density at radius 1 is 1.41 bits per heavy atom. The van der Waals surface area contributed by atoms with Crippen LogP contribution in [0.3, 0.4) is 0 Å². The average Bonchev–Trinajstić information content (AvgIpc) is 2.29. The Morgan fingerprint density at radius 2 is 2.12 bits per heavy atom. The molecule has 0 aliphatic heterocycles. The van der Waals surface area contributed by atoms with Crippen molar-refractivity contribution in [3.63, 3.8) is 0 Å². The van der Waals surface area contributed by atoms with E-state index in [2.05, 4.69) is 11.2 Å². The maximum absolute atomic E-state index is 12.5. The molecular formula is C12H13F3N2. The summed E-state index contributed by atoms with van der Waals surface area (Å²) < 4.78 is 37.5. The first-order chi connectivity index (χ1) is 7.99. The normalized spacial score (nSPS) is 13.1. The van der Waals surface area contributed by atoms with E-state index < -0.39 is 11.7 Å². The maximum Gasteiger partial charge on any atom is 0.416 e. The van der Waals surface area contributed by atoms with Gasteiger partial charge in [-0.1, -0.05) is 18.1 Å². The number of alkyl halides is 3. The van der Waals surface area contributed by atoms with Crippen molar-refractivity contribution in [3.8, 4) is 12.3 Å². The summed E-state index contributed by atoms with van der Waals surface area (Å²) in [6.45, 7) is 0.446. The van der Waals surface area contributed by atoms with Gasteiger partial charge < -0.3 is 5.73 Å².